The summed E-state index contributed by atoms with van der Waals surface area (Å²) >= 11 is 0. The fraction of sp³-hybridized carbons (Fsp3) is 0.857. The van der Waals surface area contributed by atoms with Crippen LogP contribution in [0, 0.1) is 17.3 Å². The number of alkyl carbamates (subject to hydrolysis) is 1. The molecule has 0 radical (unpaired) electrons. The topological polar surface area (TPSA) is 58.6 Å². The summed E-state index contributed by atoms with van der Waals surface area (Å²) in [5.74, 6) is 0.874. The van der Waals surface area contributed by atoms with E-state index >= 15 is 0 Å². The van der Waals surface area contributed by atoms with Crippen LogP contribution in [-0.2, 0) is 4.74 Å². The molecule has 146 valence electrons. The maximum Gasteiger partial charge on any atom is 0.407 e. The van der Waals surface area contributed by atoms with Gasteiger partial charge in [0.15, 0.2) is 0 Å². The van der Waals surface area contributed by atoms with Crippen LogP contribution < -0.4 is 5.32 Å². The summed E-state index contributed by atoms with van der Waals surface area (Å²) in [6.07, 6.45) is 7.42. The van der Waals surface area contributed by atoms with Crippen molar-refractivity contribution in [2.75, 3.05) is 0 Å². The average Bonchev–Trinajstić information content (AvgIpc) is 2.50. The van der Waals surface area contributed by atoms with Crippen LogP contribution in [0.1, 0.15) is 80.1 Å². The lowest BCUT2D eigenvalue weighted by molar-refractivity contribution is -0.0416. The van der Waals surface area contributed by atoms with Crippen molar-refractivity contribution in [1.29, 1.82) is 0 Å². The Morgan fingerprint density at radius 3 is 2.24 bits per heavy atom. The fourth-order valence-corrected chi connectivity index (χ4v) is 4.04. The molecule has 0 heterocycles. The van der Waals surface area contributed by atoms with Crippen molar-refractivity contribution in [2.24, 2.45) is 17.3 Å². The number of rotatable bonds is 7. The van der Waals surface area contributed by atoms with Crippen LogP contribution in [0.25, 0.3) is 0 Å². The summed E-state index contributed by atoms with van der Waals surface area (Å²) in [6.45, 7) is 15.8. The highest BCUT2D eigenvalue weighted by atomic mass is 16.6. The lowest BCUT2D eigenvalue weighted by Gasteiger charge is -2.45. The average molecular weight is 354 g/mol. The van der Waals surface area contributed by atoms with Gasteiger partial charge in [-0.2, -0.15) is 0 Å². The first-order valence-electron chi connectivity index (χ1n) is 9.81. The largest absolute Gasteiger partial charge is 0.444 e. The van der Waals surface area contributed by atoms with Crippen LogP contribution >= 0.6 is 0 Å². The second kappa shape index (κ2) is 9.07. The van der Waals surface area contributed by atoms with Crippen LogP contribution in [-0.4, -0.2) is 28.9 Å². The quantitative estimate of drug-likeness (QED) is 0.629. The van der Waals surface area contributed by atoms with Crippen molar-refractivity contribution in [1.82, 2.24) is 5.32 Å². The molecule has 0 saturated heterocycles. The van der Waals surface area contributed by atoms with E-state index in [1.807, 2.05) is 33.8 Å². The highest BCUT2D eigenvalue weighted by molar-refractivity contribution is 5.68. The molecular formula is C21H39NO3. The zero-order valence-corrected chi connectivity index (χ0v) is 17.1. The van der Waals surface area contributed by atoms with Gasteiger partial charge < -0.3 is 15.2 Å². The number of allylic oxidation sites excluding steroid dienone is 1. The van der Waals surface area contributed by atoms with Gasteiger partial charge in [0.05, 0.1) is 12.1 Å². The van der Waals surface area contributed by atoms with Gasteiger partial charge in [0.1, 0.15) is 5.60 Å². The number of aliphatic hydroxyl groups excluding tert-OH is 1. The van der Waals surface area contributed by atoms with Crippen molar-refractivity contribution in [3.63, 3.8) is 0 Å². The minimum absolute atomic E-state index is 0.157. The molecule has 0 aromatic carbocycles. The first-order chi connectivity index (χ1) is 11.5. The van der Waals surface area contributed by atoms with Crippen LogP contribution in [0.3, 0.4) is 0 Å². The number of ether oxygens (including phenoxy) is 1. The standard InChI is InChI=1S/C21H39NO3/c1-8-17(15(2)3)14-21(12-10-9-11-13-21)18(23)16(4)22-19(24)25-20(5,6)7/h8,15-18,23H,1,9-14H2,2-7H3,(H,22,24)/t16-,17+,18+/m0/s1. The highest BCUT2D eigenvalue weighted by Gasteiger charge is 2.43. The molecule has 0 aliphatic heterocycles. The molecule has 0 aromatic heterocycles. The number of amides is 1. The van der Waals surface area contributed by atoms with Gasteiger partial charge in [-0.3, -0.25) is 0 Å². The smallest absolute Gasteiger partial charge is 0.407 e. The number of aliphatic hydroxyl groups is 1. The van der Waals surface area contributed by atoms with Crippen LogP contribution in [0.4, 0.5) is 4.79 Å². The Labute approximate surface area is 154 Å². The van der Waals surface area contributed by atoms with Gasteiger partial charge in [0.2, 0.25) is 0 Å². The first kappa shape index (κ1) is 22.0. The van der Waals surface area contributed by atoms with E-state index < -0.39 is 17.8 Å². The zero-order valence-electron chi connectivity index (χ0n) is 17.1. The molecule has 0 unspecified atom stereocenters. The van der Waals surface area contributed by atoms with Gasteiger partial charge >= 0.3 is 6.09 Å². The molecular weight excluding hydrogens is 314 g/mol. The summed E-state index contributed by atoms with van der Waals surface area (Å²) < 4.78 is 5.34. The Morgan fingerprint density at radius 2 is 1.80 bits per heavy atom. The summed E-state index contributed by atoms with van der Waals surface area (Å²) in [6, 6.07) is -0.342. The molecule has 1 aliphatic carbocycles. The molecule has 1 aliphatic rings. The van der Waals surface area contributed by atoms with E-state index in [0.29, 0.717) is 11.8 Å². The van der Waals surface area contributed by atoms with E-state index in [4.69, 9.17) is 4.74 Å². The van der Waals surface area contributed by atoms with Gasteiger partial charge in [-0.15, -0.1) is 6.58 Å². The molecule has 1 rings (SSSR count). The minimum atomic E-state index is -0.582. The number of nitrogens with one attached hydrogen (secondary N) is 1. The molecule has 4 heteroatoms. The third-order valence-electron chi connectivity index (χ3n) is 5.50. The number of hydrogen-bond acceptors (Lipinski definition) is 3. The second-order valence-electron chi connectivity index (χ2n) is 9.15. The fourth-order valence-electron chi connectivity index (χ4n) is 4.04. The summed E-state index contributed by atoms with van der Waals surface area (Å²) in [5, 5.41) is 14.0. The molecule has 3 atom stereocenters. The number of carbonyl (C=O) groups excluding carboxylic acids is 1. The lowest BCUT2D eigenvalue weighted by Crippen LogP contribution is -2.52. The van der Waals surface area contributed by atoms with Gasteiger partial charge in [0.25, 0.3) is 0 Å². The Hall–Kier alpha value is -1.03. The van der Waals surface area contributed by atoms with E-state index in [9.17, 15) is 9.90 Å². The van der Waals surface area contributed by atoms with Crippen LogP contribution in [0.15, 0.2) is 12.7 Å². The molecule has 1 amide bonds. The van der Waals surface area contributed by atoms with E-state index in [2.05, 4.69) is 25.7 Å². The Kier molecular flexibility index (Phi) is 7.98. The van der Waals surface area contributed by atoms with Crippen LogP contribution in [0.2, 0.25) is 0 Å². The van der Waals surface area contributed by atoms with Crippen LogP contribution in [0.5, 0.6) is 0 Å². The third kappa shape index (κ3) is 6.65. The second-order valence-corrected chi connectivity index (χ2v) is 9.15. The molecule has 25 heavy (non-hydrogen) atoms. The van der Waals surface area contributed by atoms with Crippen molar-refractivity contribution in [3.05, 3.63) is 12.7 Å². The predicted octanol–water partition coefficient (Wildman–Crippen LogP) is 5.06. The molecule has 4 nitrogen and oxygen atoms in total. The summed E-state index contributed by atoms with van der Waals surface area (Å²) in [7, 11) is 0. The third-order valence-corrected chi connectivity index (χ3v) is 5.50. The molecule has 0 spiro atoms. The lowest BCUT2D eigenvalue weighted by atomic mass is 9.63. The predicted molar refractivity (Wildman–Crippen MR) is 103 cm³/mol. The molecule has 1 saturated carbocycles. The summed E-state index contributed by atoms with van der Waals surface area (Å²) in [4.78, 5) is 12.1. The Morgan fingerprint density at radius 1 is 1.24 bits per heavy atom. The molecule has 1 fully saturated rings. The zero-order chi connectivity index (χ0) is 19.3. The van der Waals surface area contributed by atoms with Crippen molar-refractivity contribution < 1.29 is 14.6 Å². The number of carbonyl (C=O) groups is 1. The molecule has 0 aromatic rings. The maximum absolute atomic E-state index is 12.1. The first-order valence-corrected chi connectivity index (χ1v) is 9.81. The molecule has 0 bridgehead atoms. The Balaban J connectivity index is 2.86. The van der Waals surface area contributed by atoms with E-state index in [-0.39, 0.29) is 11.5 Å². The van der Waals surface area contributed by atoms with E-state index in [1.165, 1.54) is 6.42 Å². The molecule has 2 N–H and O–H groups in total. The summed E-state index contributed by atoms with van der Waals surface area (Å²) in [5.41, 5.74) is -0.696. The van der Waals surface area contributed by atoms with Crippen molar-refractivity contribution >= 4 is 6.09 Å². The maximum atomic E-state index is 12.1. The van der Waals surface area contributed by atoms with E-state index in [0.717, 1.165) is 32.1 Å². The van der Waals surface area contributed by atoms with Gasteiger partial charge in [0, 0.05) is 0 Å². The Bertz CT molecular complexity index is 433. The van der Waals surface area contributed by atoms with Gasteiger partial charge in [-0.05, 0) is 64.2 Å². The minimum Gasteiger partial charge on any atom is -0.444 e. The monoisotopic (exact) mass is 353 g/mol. The highest BCUT2D eigenvalue weighted by Crippen LogP contribution is 2.46. The normalized spacial score (nSPS) is 21.3. The van der Waals surface area contributed by atoms with Gasteiger partial charge in [-0.25, -0.2) is 4.79 Å². The number of hydrogen-bond donors (Lipinski definition) is 2. The van der Waals surface area contributed by atoms with Gasteiger partial charge in [-0.1, -0.05) is 39.2 Å². The van der Waals surface area contributed by atoms with Crippen molar-refractivity contribution in [2.45, 2.75) is 97.8 Å². The SMILES string of the molecule is C=C[C@H](CC1([C@H](O)[C@H](C)NC(=O)OC(C)(C)C)CCCCC1)C(C)C. The van der Waals surface area contributed by atoms with E-state index in [1.54, 1.807) is 0 Å². The van der Waals surface area contributed by atoms with Crippen molar-refractivity contribution in [3.8, 4) is 0 Å².